The summed E-state index contributed by atoms with van der Waals surface area (Å²) in [6.07, 6.45) is 0.0747. The first-order valence-electron chi connectivity index (χ1n) is 10.9. The van der Waals surface area contributed by atoms with Crippen LogP contribution < -0.4 is 9.44 Å². The summed E-state index contributed by atoms with van der Waals surface area (Å²) in [4.78, 5) is 3.02. The minimum absolute atomic E-state index is 0.0230. The monoisotopic (exact) mass is 497 g/mol. The highest BCUT2D eigenvalue weighted by Crippen LogP contribution is 2.48. The highest BCUT2D eigenvalue weighted by molar-refractivity contribution is 7.87. The average Bonchev–Trinajstić information content (AvgIpc) is 3.10. The Hall–Kier alpha value is -2.44. The van der Waals surface area contributed by atoms with Gasteiger partial charge in [-0.2, -0.15) is 13.1 Å². The molecule has 0 saturated heterocycles. The molecule has 1 aliphatic rings. The van der Waals surface area contributed by atoms with Gasteiger partial charge in [0.15, 0.2) is 0 Å². The maximum absolute atomic E-state index is 14.5. The number of nitrogens with one attached hydrogen (secondary N) is 3. The lowest BCUT2D eigenvalue weighted by molar-refractivity contribution is 0.115. The molecule has 1 aliphatic carbocycles. The molecule has 0 aliphatic heterocycles. The number of benzene rings is 2. The predicted octanol–water partition coefficient (Wildman–Crippen LogP) is 2.91. The molecule has 0 unspecified atom stereocenters. The molecule has 1 heterocycles. The Bertz CT molecular complexity index is 1270. The Labute approximate surface area is 195 Å². The van der Waals surface area contributed by atoms with Crippen LogP contribution in [0.3, 0.4) is 0 Å². The number of rotatable bonds is 9. The Morgan fingerprint density at radius 3 is 2.41 bits per heavy atom. The number of hydrogen-bond acceptors (Lipinski definition) is 4. The molecule has 1 aromatic heterocycles. The molecule has 0 spiro atoms. The van der Waals surface area contributed by atoms with Crippen molar-refractivity contribution in [1.29, 1.82) is 0 Å². The van der Waals surface area contributed by atoms with Gasteiger partial charge in [-0.3, -0.25) is 0 Å². The highest BCUT2D eigenvalue weighted by atomic mass is 32.2. The minimum atomic E-state index is -3.94. The van der Waals surface area contributed by atoms with E-state index in [-0.39, 0.29) is 23.9 Å². The smallest absolute Gasteiger partial charge is 0.277 e. The van der Waals surface area contributed by atoms with Gasteiger partial charge in [0.2, 0.25) is 0 Å². The number of aliphatic hydroxyl groups excluding tert-OH is 2. The minimum Gasteiger partial charge on any atom is -0.395 e. The molecule has 0 bridgehead atoms. The van der Waals surface area contributed by atoms with Gasteiger partial charge in [-0.05, 0) is 73.1 Å². The van der Waals surface area contributed by atoms with E-state index in [0.717, 1.165) is 6.07 Å². The first-order chi connectivity index (χ1) is 16.1. The van der Waals surface area contributed by atoms with E-state index in [1.807, 2.05) is 0 Å². The SMILES string of the molecule is C[C@@H](O)[C@@H](CO)NS(=O)(=O)NC[C@H]1C[C@H](c2c(-c3ccc(F)cc3)[nH]c3c(F)cc(F)cc32)C1. The first-order valence-corrected chi connectivity index (χ1v) is 12.4. The van der Waals surface area contributed by atoms with Gasteiger partial charge in [0.05, 0.1) is 30.0 Å². The molecule has 3 aromatic rings. The number of aromatic amines is 1. The van der Waals surface area contributed by atoms with E-state index in [0.29, 0.717) is 35.0 Å². The third-order valence-corrected chi connectivity index (χ3v) is 7.45. The third-order valence-electron chi connectivity index (χ3n) is 6.29. The zero-order chi connectivity index (χ0) is 24.6. The van der Waals surface area contributed by atoms with Crippen LogP contribution in [0.25, 0.3) is 22.2 Å². The lowest BCUT2D eigenvalue weighted by Crippen LogP contribution is -2.50. The average molecular weight is 498 g/mol. The zero-order valence-electron chi connectivity index (χ0n) is 18.4. The fourth-order valence-corrected chi connectivity index (χ4v) is 5.61. The standard InChI is InChI=1S/C23H26F3N3O4S/c1-12(31)20(11-30)29-34(32,33)27-10-13-6-15(7-13)21-18-8-17(25)9-19(26)23(18)28-22(21)14-2-4-16(24)5-3-14/h2-5,8-9,12-13,15,20,27-31H,6-7,10-11H2,1H3/t12-,13-,15-,20-/m1/s1. The second kappa shape index (κ2) is 9.67. The van der Waals surface area contributed by atoms with Gasteiger partial charge in [0.1, 0.15) is 17.5 Å². The summed E-state index contributed by atoms with van der Waals surface area (Å²) >= 11 is 0. The fourth-order valence-electron chi connectivity index (χ4n) is 4.40. The van der Waals surface area contributed by atoms with E-state index in [1.54, 1.807) is 12.1 Å². The van der Waals surface area contributed by atoms with Gasteiger partial charge in [-0.15, -0.1) is 0 Å². The summed E-state index contributed by atoms with van der Waals surface area (Å²) in [5.74, 6) is -1.95. The molecule has 1 saturated carbocycles. The number of fused-ring (bicyclic) bond motifs is 1. The molecule has 11 heteroatoms. The quantitative estimate of drug-likeness (QED) is 0.313. The first kappa shape index (κ1) is 24.7. The third kappa shape index (κ3) is 5.13. The molecule has 4 rings (SSSR count). The van der Waals surface area contributed by atoms with Gasteiger partial charge < -0.3 is 15.2 Å². The van der Waals surface area contributed by atoms with Crippen LogP contribution in [0.1, 0.15) is 31.2 Å². The second-order valence-electron chi connectivity index (χ2n) is 8.76. The molecule has 7 nitrogen and oxygen atoms in total. The molecule has 2 aromatic carbocycles. The van der Waals surface area contributed by atoms with Crippen LogP contribution >= 0.6 is 0 Å². The van der Waals surface area contributed by atoms with Crippen molar-refractivity contribution in [2.45, 2.75) is 37.8 Å². The van der Waals surface area contributed by atoms with E-state index in [1.165, 1.54) is 25.1 Å². The normalized spacial score (nSPS) is 20.3. The molecular formula is C23H26F3N3O4S. The predicted molar refractivity (Wildman–Crippen MR) is 122 cm³/mol. The lowest BCUT2D eigenvalue weighted by atomic mass is 9.70. The molecule has 0 radical (unpaired) electrons. The fraction of sp³-hybridized carbons (Fsp3) is 0.391. The van der Waals surface area contributed by atoms with Crippen molar-refractivity contribution in [2.75, 3.05) is 13.2 Å². The molecule has 0 amide bonds. The number of hydrogen-bond donors (Lipinski definition) is 5. The van der Waals surface area contributed by atoms with Crippen LogP contribution in [0.5, 0.6) is 0 Å². The van der Waals surface area contributed by atoms with Crippen molar-refractivity contribution in [1.82, 2.24) is 14.4 Å². The summed E-state index contributed by atoms with van der Waals surface area (Å²) in [6, 6.07) is 6.75. The largest absolute Gasteiger partial charge is 0.395 e. The maximum atomic E-state index is 14.5. The van der Waals surface area contributed by atoms with E-state index < -0.39 is 46.4 Å². The van der Waals surface area contributed by atoms with Crippen molar-refractivity contribution in [3.8, 4) is 11.3 Å². The molecule has 5 N–H and O–H groups in total. The maximum Gasteiger partial charge on any atom is 0.277 e. The Morgan fingerprint density at radius 2 is 1.79 bits per heavy atom. The number of H-pyrrole nitrogens is 1. The van der Waals surface area contributed by atoms with Gasteiger partial charge >= 0.3 is 0 Å². The lowest BCUT2D eigenvalue weighted by Gasteiger charge is -2.36. The van der Waals surface area contributed by atoms with Gasteiger partial charge in [0.25, 0.3) is 10.2 Å². The van der Waals surface area contributed by atoms with Crippen molar-refractivity contribution in [3.05, 3.63) is 59.4 Å². The summed E-state index contributed by atoms with van der Waals surface area (Å²) in [5, 5.41) is 19.1. The molecule has 2 atom stereocenters. The van der Waals surface area contributed by atoms with Crippen LogP contribution in [0.4, 0.5) is 13.2 Å². The van der Waals surface area contributed by atoms with Crippen molar-refractivity contribution >= 4 is 21.1 Å². The number of halogens is 3. The summed E-state index contributed by atoms with van der Waals surface area (Å²) in [7, 11) is -3.94. The van der Waals surface area contributed by atoms with Crippen LogP contribution in [0.15, 0.2) is 36.4 Å². The molecule has 1 fully saturated rings. The Balaban J connectivity index is 1.53. The van der Waals surface area contributed by atoms with Crippen LogP contribution in [-0.4, -0.2) is 48.9 Å². The highest BCUT2D eigenvalue weighted by Gasteiger charge is 2.35. The van der Waals surface area contributed by atoms with Gasteiger partial charge in [-0.1, -0.05) is 0 Å². The van der Waals surface area contributed by atoms with E-state index >= 15 is 0 Å². The summed E-state index contributed by atoms with van der Waals surface area (Å²) < 4.78 is 71.0. The molecule has 184 valence electrons. The molecule has 34 heavy (non-hydrogen) atoms. The van der Waals surface area contributed by atoms with E-state index in [9.17, 15) is 31.8 Å². The zero-order valence-corrected chi connectivity index (χ0v) is 19.2. The van der Waals surface area contributed by atoms with Gasteiger partial charge in [-0.25, -0.2) is 17.9 Å². The summed E-state index contributed by atoms with van der Waals surface area (Å²) in [6.45, 7) is 0.941. The Morgan fingerprint density at radius 1 is 1.12 bits per heavy atom. The van der Waals surface area contributed by atoms with E-state index in [4.69, 9.17) is 0 Å². The van der Waals surface area contributed by atoms with Crippen molar-refractivity contribution in [2.24, 2.45) is 5.92 Å². The van der Waals surface area contributed by atoms with Gasteiger partial charge in [0, 0.05) is 18.0 Å². The van der Waals surface area contributed by atoms with Crippen molar-refractivity contribution in [3.63, 3.8) is 0 Å². The van der Waals surface area contributed by atoms with Crippen LogP contribution in [-0.2, 0) is 10.2 Å². The second-order valence-corrected chi connectivity index (χ2v) is 10.3. The van der Waals surface area contributed by atoms with Crippen LogP contribution in [0, 0.1) is 23.4 Å². The number of aliphatic hydroxyl groups is 2. The van der Waals surface area contributed by atoms with Crippen molar-refractivity contribution < 1.29 is 31.8 Å². The Kier molecular flexibility index (Phi) is 7.02. The van der Waals surface area contributed by atoms with Crippen LogP contribution in [0.2, 0.25) is 0 Å². The summed E-state index contributed by atoms with van der Waals surface area (Å²) in [5.41, 5.74) is 2.09. The number of aromatic nitrogens is 1. The topological polar surface area (TPSA) is 114 Å². The van der Waals surface area contributed by atoms with E-state index in [2.05, 4.69) is 14.4 Å². The molecular weight excluding hydrogens is 471 g/mol.